The third kappa shape index (κ3) is 8.46. The number of benzene rings is 3. The molecule has 40 heavy (non-hydrogen) atoms. The molecule has 0 aliphatic rings. The molecule has 0 spiro atoms. The van der Waals surface area contributed by atoms with Gasteiger partial charge in [0.05, 0.1) is 30.1 Å². The number of rotatable bonds is 12. The average Bonchev–Trinajstić information content (AvgIpc) is 2.95. The third-order valence-corrected chi connectivity index (χ3v) is 6.93. The van der Waals surface area contributed by atoms with E-state index in [-0.39, 0.29) is 18.9 Å². The molecular formula is C31H30LiN3O4S. The zero-order chi connectivity index (χ0) is 27.6. The Labute approximate surface area is 251 Å². The summed E-state index contributed by atoms with van der Waals surface area (Å²) in [5, 5.41) is 14.3. The summed E-state index contributed by atoms with van der Waals surface area (Å²) in [5.74, 6) is 0.00463. The summed E-state index contributed by atoms with van der Waals surface area (Å²) in [5.41, 5.74) is 4.95. The minimum atomic E-state index is -1.28. The number of carboxylic acid groups (broad SMARTS) is 1. The number of carboxylic acids is 1. The van der Waals surface area contributed by atoms with Gasteiger partial charge in [0, 0.05) is 5.56 Å². The number of hydrogen-bond acceptors (Lipinski definition) is 7. The molecule has 1 amide bonds. The number of thioether (sulfide) groups is 1. The van der Waals surface area contributed by atoms with Gasteiger partial charge in [-0.05, 0) is 78.6 Å². The van der Waals surface area contributed by atoms with Crippen molar-refractivity contribution in [2.75, 3.05) is 12.0 Å². The number of amides is 1. The Morgan fingerprint density at radius 1 is 0.950 bits per heavy atom. The van der Waals surface area contributed by atoms with E-state index in [1.807, 2.05) is 79.9 Å². The van der Waals surface area contributed by atoms with Crippen LogP contribution in [-0.2, 0) is 17.6 Å². The number of aliphatic carboxylic acids is 1. The predicted octanol–water partition coefficient (Wildman–Crippen LogP) is 1.63. The van der Waals surface area contributed by atoms with Crippen LogP contribution in [0.25, 0.3) is 11.1 Å². The Morgan fingerprint density at radius 3 is 2.38 bits per heavy atom. The fourth-order valence-electron chi connectivity index (χ4n) is 4.17. The van der Waals surface area contributed by atoms with E-state index in [2.05, 4.69) is 15.3 Å². The molecule has 0 radical (unpaired) electrons. The van der Waals surface area contributed by atoms with E-state index in [1.54, 1.807) is 18.5 Å². The molecule has 1 heterocycles. The number of ether oxygens (including phenoxy) is 1. The van der Waals surface area contributed by atoms with Crippen molar-refractivity contribution < 1.29 is 38.3 Å². The van der Waals surface area contributed by atoms with Crippen LogP contribution in [0.4, 0.5) is 0 Å². The summed E-state index contributed by atoms with van der Waals surface area (Å²) in [6.45, 7) is 1.99. The fraction of sp³-hybridized carbons (Fsp3) is 0.226. The molecule has 9 heteroatoms. The van der Waals surface area contributed by atoms with Crippen LogP contribution in [0, 0.1) is 6.92 Å². The minimum Gasteiger partial charge on any atom is -0.548 e. The maximum Gasteiger partial charge on any atom is 1.00 e. The molecule has 0 saturated heterocycles. The van der Waals surface area contributed by atoms with Gasteiger partial charge in [0.2, 0.25) is 5.88 Å². The Hall–Kier alpha value is -3.57. The first-order valence-corrected chi connectivity index (χ1v) is 14.1. The van der Waals surface area contributed by atoms with E-state index >= 15 is 0 Å². The van der Waals surface area contributed by atoms with Gasteiger partial charge in [0.1, 0.15) is 5.75 Å². The van der Waals surface area contributed by atoms with Crippen LogP contribution in [-0.4, -0.2) is 39.9 Å². The first kappa shape index (κ1) is 31.0. The van der Waals surface area contributed by atoms with Crippen LogP contribution >= 0.6 is 11.8 Å². The summed E-state index contributed by atoms with van der Waals surface area (Å²) in [6, 6.07) is 21.8. The first-order chi connectivity index (χ1) is 18.9. The SMILES string of the molecule is CSCC[C@H](NC(=O)c1ccc(CCc2cnc(Oc3ccccc3)cn2)cc1-c1ccccc1C)C(=O)[O-].[Li+]. The number of carbonyl (C=O) groups is 2. The molecule has 0 bridgehead atoms. The molecule has 0 saturated carbocycles. The fourth-order valence-corrected chi connectivity index (χ4v) is 4.64. The second-order valence-electron chi connectivity index (χ2n) is 9.08. The van der Waals surface area contributed by atoms with E-state index in [0.717, 1.165) is 27.9 Å². The number of aromatic nitrogens is 2. The number of carbonyl (C=O) groups excluding carboxylic acids is 2. The predicted molar refractivity (Wildman–Crippen MR) is 152 cm³/mol. The summed E-state index contributed by atoms with van der Waals surface area (Å²) >= 11 is 1.52. The monoisotopic (exact) mass is 547 g/mol. The van der Waals surface area contributed by atoms with Gasteiger partial charge < -0.3 is 20.0 Å². The zero-order valence-corrected chi connectivity index (χ0v) is 23.7. The van der Waals surface area contributed by atoms with Gasteiger partial charge in [-0.25, -0.2) is 4.98 Å². The molecule has 0 aliphatic heterocycles. The normalized spacial score (nSPS) is 11.2. The molecular weight excluding hydrogens is 517 g/mol. The van der Waals surface area contributed by atoms with Crippen molar-refractivity contribution in [3.05, 3.63) is 108 Å². The Bertz CT molecular complexity index is 1420. The van der Waals surface area contributed by atoms with Gasteiger partial charge in [0.25, 0.3) is 5.91 Å². The summed E-state index contributed by atoms with van der Waals surface area (Å²) in [6.07, 6.45) is 6.84. The molecule has 4 rings (SSSR count). The van der Waals surface area contributed by atoms with Gasteiger partial charge in [-0.2, -0.15) is 11.8 Å². The van der Waals surface area contributed by atoms with Gasteiger partial charge in [-0.1, -0.05) is 54.6 Å². The summed E-state index contributed by atoms with van der Waals surface area (Å²) < 4.78 is 5.72. The van der Waals surface area contributed by atoms with E-state index < -0.39 is 17.9 Å². The van der Waals surface area contributed by atoms with E-state index in [9.17, 15) is 14.7 Å². The zero-order valence-electron chi connectivity index (χ0n) is 22.9. The van der Waals surface area contributed by atoms with Crippen LogP contribution < -0.4 is 34.0 Å². The molecule has 0 unspecified atom stereocenters. The second-order valence-corrected chi connectivity index (χ2v) is 10.1. The van der Waals surface area contributed by atoms with Crippen LogP contribution in [0.3, 0.4) is 0 Å². The summed E-state index contributed by atoms with van der Waals surface area (Å²) in [4.78, 5) is 33.7. The second kappa shape index (κ2) is 15.3. The van der Waals surface area contributed by atoms with E-state index in [4.69, 9.17) is 4.74 Å². The Balaban J connectivity index is 0.00000441. The smallest absolute Gasteiger partial charge is 0.548 e. The maximum atomic E-state index is 13.2. The largest absolute Gasteiger partial charge is 1.00 e. The van der Waals surface area contributed by atoms with Crippen LogP contribution in [0.2, 0.25) is 0 Å². The molecule has 3 aromatic carbocycles. The molecule has 4 aromatic rings. The number of nitrogens with one attached hydrogen (secondary N) is 1. The average molecular weight is 548 g/mol. The van der Waals surface area contributed by atoms with Crippen molar-refractivity contribution in [1.29, 1.82) is 0 Å². The van der Waals surface area contributed by atoms with E-state index in [0.29, 0.717) is 42.2 Å². The van der Waals surface area contributed by atoms with Gasteiger partial charge >= 0.3 is 18.9 Å². The minimum absolute atomic E-state index is 0. The maximum absolute atomic E-state index is 13.2. The van der Waals surface area contributed by atoms with Gasteiger partial charge in [0.15, 0.2) is 0 Å². The van der Waals surface area contributed by atoms with Crippen molar-refractivity contribution in [2.45, 2.75) is 32.2 Å². The molecule has 1 N–H and O–H groups in total. The van der Waals surface area contributed by atoms with Crippen molar-refractivity contribution in [2.24, 2.45) is 0 Å². The number of hydrogen-bond donors (Lipinski definition) is 1. The number of nitrogens with zero attached hydrogens (tertiary/aromatic N) is 2. The molecule has 7 nitrogen and oxygen atoms in total. The number of aryl methyl sites for hydroxylation is 3. The standard InChI is InChI=1S/C31H31N3O4S.Li/c1-21-8-6-7-11-25(21)27-18-22(13-15-26(27)30(35)34-28(31(36)37)16-17-39-2)12-14-23-19-33-29(20-32-23)38-24-9-4-3-5-10-24;/h3-11,13,15,18-20,28H,12,14,16-17H2,1-2H3,(H,34,35)(H,36,37);/q;+1/p-1/t28-;/m0./s1. The molecule has 0 aliphatic carbocycles. The molecule has 1 aromatic heterocycles. The van der Waals surface area contributed by atoms with Crippen molar-refractivity contribution in [3.8, 4) is 22.8 Å². The number of para-hydroxylation sites is 1. The quantitative estimate of drug-likeness (QED) is 0.269. The first-order valence-electron chi connectivity index (χ1n) is 12.7. The van der Waals surface area contributed by atoms with Crippen LogP contribution in [0.15, 0.2) is 85.2 Å². The molecule has 0 fully saturated rings. The van der Waals surface area contributed by atoms with Crippen molar-refractivity contribution in [1.82, 2.24) is 15.3 Å². The Kier molecular flexibility index (Phi) is 11.8. The van der Waals surface area contributed by atoms with Gasteiger partial charge in [-0.3, -0.25) is 9.78 Å². The van der Waals surface area contributed by atoms with Crippen LogP contribution in [0.5, 0.6) is 11.6 Å². The van der Waals surface area contributed by atoms with Crippen molar-refractivity contribution in [3.63, 3.8) is 0 Å². The van der Waals surface area contributed by atoms with Crippen LogP contribution in [0.1, 0.15) is 33.6 Å². The molecule has 200 valence electrons. The molecule has 1 atom stereocenters. The van der Waals surface area contributed by atoms with Gasteiger partial charge in [-0.15, -0.1) is 0 Å². The Morgan fingerprint density at radius 2 is 1.70 bits per heavy atom. The summed E-state index contributed by atoms with van der Waals surface area (Å²) in [7, 11) is 0. The van der Waals surface area contributed by atoms with E-state index in [1.165, 1.54) is 11.8 Å². The third-order valence-electron chi connectivity index (χ3n) is 6.28. The van der Waals surface area contributed by atoms with Crippen molar-refractivity contribution >= 4 is 23.6 Å². The topological polar surface area (TPSA) is 104 Å².